The maximum absolute atomic E-state index is 12.6. The maximum Gasteiger partial charge on any atom is 0.338 e. The summed E-state index contributed by atoms with van der Waals surface area (Å²) in [6, 6.07) is 13.3. The third-order valence-electron chi connectivity index (χ3n) is 4.59. The molecule has 2 amide bonds. The second-order valence-corrected chi connectivity index (χ2v) is 6.94. The zero-order valence-corrected chi connectivity index (χ0v) is 18.6. The van der Waals surface area contributed by atoms with Gasteiger partial charge < -0.3 is 20.1 Å². The molecule has 1 heterocycles. The quantitative estimate of drug-likeness (QED) is 0.479. The summed E-state index contributed by atoms with van der Waals surface area (Å²) < 4.78 is 11.7. The van der Waals surface area contributed by atoms with Gasteiger partial charge in [0.05, 0.1) is 24.5 Å². The Bertz CT molecular complexity index is 1120. The first kappa shape index (κ1) is 23.5. The molecule has 10 heteroatoms. The van der Waals surface area contributed by atoms with Gasteiger partial charge in [0.15, 0.2) is 5.69 Å². The monoisotopic (exact) mass is 451 g/mol. The molecule has 3 rings (SSSR count). The Morgan fingerprint density at radius 3 is 2.18 bits per heavy atom. The van der Waals surface area contributed by atoms with Crippen LogP contribution in [-0.4, -0.2) is 46.0 Å². The number of amides is 2. The van der Waals surface area contributed by atoms with E-state index in [0.717, 1.165) is 0 Å². The van der Waals surface area contributed by atoms with Crippen LogP contribution in [0, 0.1) is 6.92 Å². The van der Waals surface area contributed by atoms with Crippen LogP contribution in [0.15, 0.2) is 48.5 Å². The molecule has 3 aromatic rings. The minimum atomic E-state index is -0.433. The number of nitrogens with one attached hydrogen (secondary N) is 2. The number of hydrogen-bond donors (Lipinski definition) is 2. The number of carbonyl (C=O) groups excluding carboxylic acids is 3. The normalized spacial score (nSPS) is 10.4. The van der Waals surface area contributed by atoms with Crippen molar-refractivity contribution >= 4 is 29.2 Å². The highest BCUT2D eigenvalue weighted by atomic mass is 16.5. The topological polar surface area (TPSA) is 124 Å². The molecule has 0 spiro atoms. The molecule has 0 fully saturated rings. The number of benzene rings is 2. The third-order valence-corrected chi connectivity index (χ3v) is 4.59. The van der Waals surface area contributed by atoms with Crippen molar-refractivity contribution in [2.75, 3.05) is 23.8 Å². The molecule has 10 nitrogen and oxygen atoms in total. The van der Waals surface area contributed by atoms with Crippen LogP contribution in [0.25, 0.3) is 0 Å². The summed E-state index contributed by atoms with van der Waals surface area (Å²) in [5, 5.41) is 13.3. The van der Waals surface area contributed by atoms with Crippen LogP contribution in [0.5, 0.6) is 5.75 Å². The summed E-state index contributed by atoms with van der Waals surface area (Å²) >= 11 is 0. The van der Waals surface area contributed by atoms with E-state index in [2.05, 4.69) is 20.9 Å². The zero-order valence-electron chi connectivity index (χ0n) is 18.6. The lowest BCUT2D eigenvalue weighted by Crippen LogP contribution is -2.21. The molecule has 0 unspecified atom stereocenters. The van der Waals surface area contributed by atoms with Gasteiger partial charge in [-0.05, 0) is 69.3 Å². The lowest BCUT2D eigenvalue weighted by atomic mass is 10.2. The largest absolute Gasteiger partial charge is 0.494 e. The summed E-state index contributed by atoms with van der Waals surface area (Å²) in [5.74, 6) is -0.507. The molecule has 172 valence electrons. The Balaban J connectivity index is 1.59. The van der Waals surface area contributed by atoms with Gasteiger partial charge in [-0.25, -0.2) is 9.48 Å². The fourth-order valence-electron chi connectivity index (χ4n) is 2.95. The fourth-order valence-corrected chi connectivity index (χ4v) is 2.95. The van der Waals surface area contributed by atoms with Crippen LogP contribution in [0.4, 0.5) is 11.4 Å². The van der Waals surface area contributed by atoms with Crippen LogP contribution in [0.3, 0.4) is 0 Å². The van der Waals surface area contributed by atoms with Crippen molar-refractivity contribution in [2.24, 2.45) is 0 Å². The highest BCUT2D eigenvalue weighted by Crippen LogP contribution is 2.17. The number of nitrogens with zero attached hydrogens (tertiary/aromatic N) is 3. The van der Waals surface area contributed by atoms with Crippen LogP contribution in [0.2, 0.25) is 0 Å². The van der Waals surface area contributed by atoms with Gasteiger partial charge in [0.1, 0.15) is 12.3 Å². The summed E-state index contributed by atoms with van der Waals surface area (Å²) in [7, 11) is 0. The Morgan fingerprint density at radius 1 is 0.909 bits per heavy atom. The smallest absolute Gasteiger partial charge is 0.338 e. The third kappa shape index (κ3) is 6.16. The van der Waals surface area contributed by atoms with Crippen LogP contribution in [-0.2, 0) is 16.1 Å². The van der Waals surface area contributed by atoms with E-state index in [-0.39, 0.29) is 24.8 Å². The first-order chi connectivity index (χ1) is 15.9. The van der Waals surface area contributed by atoms with E-state index < -0.39 is 11.9 Å². The average molecular weight is 451 g/mol. The van der Waals surface area contributed by atoms with E-state index in [1.807, 2.05) is 6.92 Å². The number of carbonyl (C=O) groups is 3. The predicted molar refractivity (Wildman–Crippen MR) is 121 cm³/mol. The number of aromatic nitrogens is 3. The summed E-state index contributed by atoms with van der Waals surface area (Å²) in [5.41, 5.74) is 2.06. The van der Waals surface area contributed by atoms with Crippen molar-refractivity contribution < 1.29 is 23.9 Å². The molecule has 0 saturated carbocycles. The van der Waals surface area contributed by atoms with Crippen molar-refractivity contribution in [3.63, 3.8) is 0 Å². The minimum absolute atomic E-state index is 0.121. The van der Waals surface area contributed by atoms with Crippen LogP contribution < -0.4 is 15.4 Å². The van der Waals surface area contributed by atoms with Gasteiger partial charge in [0.25, 0.3) is 5.91 Å². The molecule has 2 N–H and O–H groups in total. The van der Waals surface area contributed by atoms with Gasteiger partial charge in [0, 0.05) is 11.4 Å². The zero-order chi connectivity index (χ0) is 23.8. The predicted octanol–water partition coefficient (Wildman–Crippen LogP) is 3.05. The first-order valence-electron chi connectivity index (χ1n) is 10.4. The Hall–Kier alpha value is -4.21. The van der Waals surface area contributed by atoms with Crippen LogP contribution >= 0.6 is 0 Å². The molecule has 1 aromatic heterocycles. The Morgan fingerprint density at radius 2 is 1.55 bits per heavy atom. The van der Waals surface area contributed by atoms with Gasteiger partial charge in [-0.1, -0.05) is 5.21 Å². The maximum atomic E-state index is 12.6. The summed E-state index contributed by atoms with van der Waals surface area (Å²) in [6.07, 6.45) is 0. The van der Waals surface area contributed by atoms with E-state index in [0.29, 0.717) is 35.0 Å². The number of anilines is 2. The highest BCUT2D eigenvalue weighted by molar-refractivity contribution is 6.03. The summed E-state index contributed by atoms with van der Waals surface area (Å²) in [6.45, 7) is 6.00. The lowest BCUT2D eigenvalue weighted by molar-refractivity contribution is -0.117. The van der Waals surface area contributed by atoms with Crippen LogP contribution in [0.1, 0.15) is 40.4 Å². The van der Waals surface area contributed by atoms with Crippen molar-refractivity contribution in [2.45, 2.75) is 27.3 Å². The van der Waals surface area contributed by atoms with E-state index in [9.17, 15) is 14.4 Å². The second-order valence-electron chi connectivity index (χ2n) is 6.94. The molecule has 0 aliphatic rings. The van der Waals surface area contributed by atoms with E-state index >= 15 is 0 Å². The molecule has 2 aromatic carbocycles. The van der Waals surface area contributed by atoms with Gasteiger partial charge >= 0.3 is 5.97 Å². The molecule has 0 aliphatic heterocycles. The molecule has 0 bridgehead atoms. The summed E-state index contributed by atoms with van der Waals surface area (Å²) in [4.78, 5) is 36.7. The van der Waals surface area contributed by atoms with Crippen molar-refractivity contribution in [1.29, 1.82) is 0 Å². The SMILES string of the molecule is CCOC(=O)c1ccc(NC(=O)Cn2nnc(C(=O)Nc3ccc(OCC)cc3)c2C)cc1. The molecular formula is C23H25N5O5. The lowest BCUT2D eigenvalue weighted by Gasteiger charge is -2.08. The molecule has 33 heavy (non-hydrogen) atoms. The molecule has 0 radical (unpaired) electrons. The second kappa shape index (κ2) is 10.9. The van der Waals surface area contributed by atoms with Crippen molar-refractivity contribution in [1.82, 2.24) is 15.0 Å². The highest BCUT2D eigenvalue weighted by Gasteiger charge is 2.18. The van der Waals surface area contributed by atoms with Gasteiger partial charge in [-0.3, -0.25) is 9.59 Å². The van der Waals surface area contributed by atoms with Crippen molar-refractivity contribution in [3.8, 4) is 5.75 Å². The molecular weight excluding hydrogens is 426 g/mol. The average Bonchev–Trinajstić information content (AvgIpc) is 3.16. The first-order valence-corrected chi connectivity index (χ1v) is 10.4. The Kier molecular flexibility index (Phi) is 7.74. The number of esters is 1. The Labute approximate surface area is 190 Å². The van der Waals surface area contributed by atoms with Gasteiger partial charge in [-0.2, -0.15) is 0 Å². The van der Waals surface area contributed by atoms with Gasteiger partial charge in [-0.15, -0.1) is 5.10 Å². The molecule has 0 aliphatic carbocycles. The van der Waals surface area contributed by atoms with E-state index in [4.69, 9.17) is 9.47 Å². The fraction of sp³-hybridized carbons (Fsp3) is 0.261. The number of ether oxygens (including phenoxy) is 2. The van der Waals surface area contributed by atoms with E-state index in [1.165, 1.54) is 4.68 Å². The van der Waals surface area contributed by atoms with E-state index in [1.54, 1.807) is 62.4 Å². The molecule has 0 atom stereocenters. The minimum Gasteiger partial charge on any atom is -0.494 e. The standard InChI is InChI=1S/C23H25N5O5/c1-4-32-19-12-10-18(11-13-19)25-22(30)21-15(3)28(27-26-21)14-20(29)24-17-8-6-16(7-9-17)23(31)33-5-2/h6-13H,4-5,14H2,1-3H3,(H,24,29)(H,25,30). The van der Waals surface area contributed by atoms with Gasteiger partial charge in [0.2, 0.25) is 5.91 Å². The van der Waals surface area contributed by atoms with Crippen molar-refractivity contribution in [3.05, 3.63) is 65.5 Å². The number of rotatable bonds is 9. The number of hydrogen-bond acceptors (Lipinski definition) is 7. The molecule has 0 saturated heterocycles.